The molecule has 23 heavy (non-hydrogen) atoms. The number of aryl methyl sites for hydroxylation is 2. The normalized spacial score (nSPS) is 10.9. The highest BCUT2D eigenvalue weighted by atomic mass is 16.5. The fourth-order valence-electron chi connectivity index (χ4n) is 2.44. The van der Waals surface area contributed by atoms with Crippen LogP contribution in [-0.2, 0) is 17.9 Å². The van der Waals surface area contributed by atoms with Gasteiger partial charge in [-0.3, -0.25) is 9.59 Å². The smallest absolute Gasteiger partial charge is 0.297 e. The highest BCUT2D eigenvalue weighted by molar-refractivity contribution is 5.82. The van der Waals surface area contributed by atoms with Gasteiger partial charge in [0, 0.05) is 6.54 Å². The van der Waals surface area contributed by atoms with Crippen LogP contribution in [0.15, 0.2) is 39.6 Å². The molecule has 118 valence electrons. The second kappa shape index (κ2) is 6.04. The zero-order chi connectivity index (χ0) is 16.4. The molecular weight excluding hydrogens is 296 g/mol. The molecule has 0 bridgehead atoms. The molecule has 0 aliphatic carbocycles. The third-order valence-electron chi connectivity index (χ3n) is 3.56. The first kappa shape index (κ1) is 15.0. The monoisotopic (exact) mass is 312 g/mol. The van der Waals surface area contributed by atoms with Crippen LogP contribution in [0.4, 0.5) is 0 Å². The van der Waals surface area contributed by atoms with Gasteiger partial charge in [-0.05, 0) is 19.4 Å². The highest BCUT2D eigenvalue weighted by Gasteiger charge is 2.16. The van der Waals surface area contributed by atoms with E-state index in [4.69, 9.17) is 4.52 Å². The van der Waals surface area contributed by atoms with Crippen LogP contribution in [-0.4, -0.2) is 20.8 Å². The van der Waals surface area contributed by atoms with Gasteiger partial charge in [-0.1, -0.05) is 35.5 Å². The topological polar surface area (TPSA) is 90.0 Å². The van der Waals surface area contributed by atoms with Crippen LogP contribution in [0.1, 0.15) is 17.0 Å². The Morgan fingerprint density at radius 3 is 2.74 bits per heavy atom. The molecule has 0 aliphatic heterocycles. The van der Waals surface area contributed by atoms with Gasteiger partial charge in [0.25, 0.3) is 5.56 Å². The van der Waals surface area contributed by atoms with Gasteiger partial charge in [0.15, 0.2) is 5.52 Å². The summed E-state index contributed by atoms with van der Waals surface area (Å²) in [5, 5.41) is 11.3. The van der Waals surface area contributed by atoms with E-state index in [1.165, 1.54) is 0 Å². The number of nitrogens with one attached hydrogen (secondary N) is 1. The molecule has 2 heterocycles. The minimum Gasteiger partial charge on any atom is -0.360 e. The number of nitrogens with zero attached hydrogens (tertiary/aromatic N) is 3. The SMILES string of the molecule is Cc1nn(CC(=O)NCc2ccccc2)c(=O)c2noc(C)c12. The summed E-state index contributed by atoms with van der Waals surface area (Å²) >= 11 is 0. The van der Waals surface area contributed by atoms with Crippen molar-refractivity contribution >= 4 is 16.8 Å². The fourth-order valence-corrected chi connectivity index (χ4v) is 2.44. The van der Waals surface area contributed by atoms with Crippen LogP contribution in [0.5, 0.6) is 0 Å². The van der Waals surface area contributed by atoms with Crippen molar-refractivity contribution in [3.8, 4) is 0 Å². The molecule has 3 rings (SSSR count). The quantitative estimate of drug-likeness (QED) is 0.784. The van der Waals surface area contributed by atoms with Crippen molar-refractivity contribution in [3.05, 3.63) is 57.7 Å². The Morgan fingerprint density at radius 2 is 2.00 bits per heavy atom. The number of hydrogen-bond donors (Lipinski definition) is 1. The Bertz CT molecular complexity index is 912. The van der Waals surface area contributed by atoms with Crippen LogP contribution >= 0.6 is 0 Å². The lowest BCUT2D eigenvalue weighted by Gasteiger charge is -2.07. The molecule has 3 aromatic rings. The lowest BCUT2D eigenvalue weighted by atomic mass is 10.2. The van der Waals surface area contributed by atoms with E-state index in [9.17, 15) is 9.59 Å². The Balaban J connectivity index is 1.77. The summed E-state index contributed by atoms with van der Waals surface area (Å²) in [6.07, 6.45) is 0. The van der Waals surface area contributed by atoms with Gasteiger partial charge in [0.05, 0.1) is 11.1 Å². The van der Waals surface area contributed by atoms with E-state index in [0.717, 1.165) is 10.2 Å². The van der Waals surface area contributed by atoms with E-state index in [-0.39, 0.29) is 18.0 Å². The van der Waals surface area contributed by atoms with E-state index >= 15 is 0 Å². The summed E-state index contributed by atoms with van der Waals surface area (Å²) in [4.78, 5) is 24.3. The summed E-state index contributed by atoms with van der Waals surface area (Å²) in [7, 11) is 0. The van der Waals surface area contributed by atoms with E-state index in [2.05, 4.69) is 15.6 Å². The third kappa shape index (κ3) is 2.98. The number of aromatic nitrogens is 3. The van der Waals surface area contributed by atoms with Crippen molar-refractivity contribution in [1.29, 1.82) is 0 Å². The van der Waals surface area contributed by atoms with Gasteiger partial charge >= 0.3 is 0 Å². The van der Waals surface area contributed by atoms with Crippen molar-refractivity contribution in [2.24, 2.45) is 0 Å². The average Bonchev–Trinajstić information content (AvgIpc) is 2.94. The molecule has 0 atom stereocenters. The molecule has 7 nitrogen and oxygen atoms in total. The largest absolute Gasteiger partial charge is 0.360 e. The summed E-state index contributed by atoms with van der Waals surface area (Å²) in [5.74, 6) is 0.255. The zero-order valence-electron chi connectivity index (χ0n) is 12.9. The van der Waals surface area contributed by atoms with E-state index in [1.807, 2.05) is 30.3 Å². The Morgan fingerprint density at radius 1 is 1.26 bits per heavy atom. The van der Waals surface area contributed by atoms with Gasteiger partial charge in [-0.25, -0.2) is 4.68 Å². The van der Waals surface area contributed by atoms with Gasteiger partial charge in [-0.2, -0.15) is 5.10 Å². The second-order valence-electron chi connectivity index (χ2n) is 5.27. The van der Waals surface area contributed by atoms with E-state index in [1.54, 1.807) is 13.8 Å². The lowest BCUT2D eigenvalue weighted by molar-refractivity contribution is -0.122. The Hall–Kier alpha value is -2.96. The van der Waals surface area contributed by atoms with Crippen molar-refractivity contribution < 1.29 is 9.32 Å². The summed E-state index contributed by atoms with van der Waals surface area (Å²) in [6.45, 7) is 3.72. The molecule has 0 unspecified atom stereocenters. The van der Waals surface area contributed by atoms with Gasteiger partial charge in [0.1, 0.15) is 12.3 Å². The first-order valence-electron chi connectivity index (χ1n) is 7.20. The number of carbonyl (C=O) groups excluding carboxylic acids is 1. The fraction of sp³-hybridized carbons (Fsp3) is 0.250. The summed E-state index contributed by atoms with van der Waals surface area (Å²) in [5.41, 5.74) is 1.36. The van der Waals surface area contributed by atoms with Crippen molar-refractivity contribution in [1.82, 2.24) is 20.3 Å². The number of hydrogen-bond acceptors (Lipinski definition) is 5. The maximum atomic E-state index is 12.3. The molecular formula is C16H16N4O3. The zero-order valence-corrected chi connectivity index (χ0v) is 12.9. The van der Waals surface area contributed by atoms with Crippen LogP contribution < -0.4 is 10.9 Å². The minimum absolute atomic E-state index is 0.158. The number of carbonyl (C=O) groups is 1. The number of amides is 1. The standard InChI is InChI=1S/C16H16N4O3/c1-10-14-11(2)23-19-15(14)16(22)20(18-10)9-13(21)17-8-12-6-4-3-5-7-12/h3-7H,8-9H2,1-2H3,(H,17,21). The summed E-state index contributed by atoms with van der Waals surface area (Å²) in [6, 6.07) is 9.54. The molecule has 0 aliphatic rings. The van der Waals surface area contributed by atoms with Crippen LogP contribution in [0, 0.1) is 13.8 Å². The molecule has 0 saturated carbocycles. The maximum Gasteiger partial charge on any atom is 0.297 e. The Kier molecular flexibility index (Phi) is 3.92. The van der Waals surface area contributed by atoms with Gasteiger partial charge < -0.3 is 9.84 Å². The predicted molar refractivity (Wildman–Crippen MR) is 83.8 cm³/mol. The van der Waals surface area contributed by atoms with Gasteiger partial charge in [0.2, 0.25) is 5.91 Å². The number of benzene rings is 1. The number of fused-ring (bicyclic) bond motifs is 1. The molecule has 1 aromatic carbocycles. The predicted octanol–water partition coefficient (Wildman–Crippen LogP) is 1.32. The van der Waals surface area contributed by atoms with Gasteiger partial charge in [-0.15, -0.1) is 0 Å². The maximum absolute atomic E-state index is 12.3. The Labute approximate surface area is 131 Å². The number of rotatable bonds is 4. The van der Waals surface area contributed by atoms with Crippen LogP contribution in [0.3, 0.4) is 0 Å². The molecule has 0 fully saturated rings. The van der Waals surface area contributed by atoms with Crippen molar-refractivity contribution in [2.45, 2.75) is 26.9 Å². The molecule has 7 heteroatoms. The van der Waals surface area contributed by atoms with E-state index in [0.29, 0.717) is 23.4 Å². The molecule has 0 radical (unpaired) electrons. The molecule has 0 saturated heterocycles. The van der Waals surface area contributed by atoms with E-state index < -0.39 is 5.56 Å². The van der Waals surface area contributed by atoms with Crippen molar-refractivity contribution in [3.63, 3.8) is 0 Å². The average molecular weight is 312 g/mol. The highest BCUT2D eigenvalue weighted by Crippen LogP contribution is 2.16. The second-order valence-corrected chi connectivity index (χ2v) is 5.27. The first-order chi connectivity index (χ1) is 11.1. The summed E-state index contributed by atoms with van der Waals surface area (Å²) < 4.78 is 6.15. The third-order valence-corrected chi connectivity index (χ3v) is 3.56. The molecule has 0 spiro atoms. The van der Waals surface area contributed by atoms with Crippen LogP contribution in [0.25, 0.3) is 10.9 Å². The molecule has 2 aromatic heterocycles. The lowest BCUT2D eigenvalue weighted by Crippen LogP contribution is -2.33. The molecule has 1 amide bonds. The minimum atomic E-state index is -0.433. The first-order valence-corrected chi connectivity index (χ1v) is 7.20. The molecule has 1 N–H and O–H groups in total. The van der Waals surface area contributed by atoms with Crippen LogP contribution in [0.2, 0.25) is 0 Å². The van der Waals surface area contributed by atoms with Crippen molar-refractivity contribution in [2.75, 3.05) is 0 Å².